The van der Waals surface area contributed by atoms with Gasteiger partial charge in [-0.2, -0.15) is 0 Å². The van der Waals surface area contributed by atoms with Gasteiger partial charge in [0.25, 0.3) is 0 Å². The van der Waals surface area contributed by atoms with Crippen LogP contribution in [-0.4, -0.2) is 16.5 Å². The number of aromatic nitrogens is 2. The molecular formula is C13H14BrN3. The van der Waals surface area contributed by atoms with Crippen molar-refractivity contribution < 1.29 is 0 Å². The minimum Gasteiger partial charge on any atom is -0.310 e. The van der Waals surface area contributed by atoms with Gasteiger partial charge in [0.15, 0.2) is 0 Å². The molecule has 0 aliphatic carbocycles. The van der Waals surface area contributed by atoms with Crippen LogP contribution < -0.4 is 5.32 Å². The van der Waals surface area contributed by atoms with Gasteiger partial charge in [0.1, 0.15) is 5.82 Å². The predicted octanol–water partition coefficient (Wildman–Crippen LogP) is 3.02. The van der Waals surface area contributed by atoms with E-state index < -0.39 is 0 Å². The van der Waals surface area contributed by atoms with E-state index in [1.165, 1.54) is 0 Å². The zero-order valence-electron chi connectivity index (χ0n) is 9.65. The SMILES string of the molecule is CCNCc1ncc(-c2cccc(Br)c2)cn1. The zero-order chi connectivity index (χ0) is 12.1. The average molecular weight is 292 g/mol. The molecular weight excluding hydrogens is 278 g/mol. The molecule has 0 amide bonds. The Kier molecular flexibility index (Phi) is 4.23. The molecule has 17 heavy (non-hydrogen) atoms. The van der Waals surface area contributed by atoms with Crippen LogP contribution in [0.15, 0.2) is 41.1 Å². The highest BCUT2D eigenvalue weighted by atomic mass is 79.9. The fourth-order valence-electron chi connectivity index (χ4n) is 1.50. The number of nitrogens with one attached hydrogen (secondary N) is 1. The Bertz CT molecular complexity index is 482. The molecule has 2 rings (SSSR count). The van der Waals surface area contributed by atoms with Gasteiger partial charge < -0.3 is 5.32 Å². The second-order valence-corrected chi connectivity index (χ2v) is 4.59. The molecule has 0 saturated heterocycles. The fraction of sp³-hybridized carbons (Fsp3) is 0.231. The molecule has 0 bridgehead atoms. The van der Waals surface area contributed by atoms with Crippen LogP contribution in [0, 0.1) is 0 Å². The first-order valence-electron chi connectivity index (χ1n) is 5.57. The Morgan fingerprint density at radius 2 is 1.94 bits per heavy atom. The van der Waals surface area contributed by atoms with Gasteiger partial charge in [-0.15, -0.1) is 0 Å². The van der Waals surface area contributed by atoms with Gasteiger partial charge in [-0.3, -0.25) is 0 Å². The highest BCUT2D eigenvalue weighted by Gasteiger charge is 2.00. The third-order valence-electron chi connectivity index (χ3n) is 2.40. The lowest BCUT2D eigenvalue weighted by Gasteiger charge is -2.03. The van der Waals surface area contributed by atoms with E-state index >= 15 is 0 Å². The van der Waals surface area contributed by atoms with Crippen molar-refractivity contribution in [1.29, 1.82) is 0 Å². The monoisotopic (exact) mass is 291 g/mol. The van der Waals surface area contributed by atoms with Crippen molar-refractivity contribution in [3.63, 3.8) is 0 Å². The Labute approximate surface area is 109 Å². The third-order valence-corrected chi connectivity index (χ3v) is 2.89. The number of hydrogen-bond donors (Lipinski definition) is 1. The molecule has 0 atom stereocenters. The average Bonchev–Trinajstić information content (AvgIpc) is 2.37. The van der Waals surface area contributed by atoms with E-state index in [2.05, 4.69) is 44.2 Å². The summed E-state index contributed by atoms with van der Waals surface area (Å²) in [7, 11) is 0. The molecule has 88 valence electrons. The summed E-state index contributed by atoms with van der Waals surface area (Å²) < 4.78 is 1.06. The van der Waals surface area contributed by atoms with Crippen LogP contribution in [0.4, 0.5) is 0 Å². The van der Waals surface area contributed by atoms with Crippen LogP contribution in [0.25, 0.3) is 11.1 Å². The Balaban J connectivity index is 2.17. The quantitative estimate of drug-likeness (QED) is 0.941. The van der Waals surface area contributed by atoms with Gasteiger partial charge in [0, 0.05) is 22.4 Å². The molecule has 0 saturated carbocycles. The lowest BCUT2D eigenvalue weighted by atomic mass is 10.1. The molecule has 1 heterocycles. The maximum Gasteiger partial charge on any atom is 0.141 e. The molecule has 0 fully saturated rings. The van der Waals surface area contributed by atoms with E-state index in [9.17, 15) is 0 Å². The molecule has 0 unspecified atom stereocenters. The van der Waals surface area contributed by atoms with Gasteiger partial charge in [-0.05, 0) is 24.2 Å². The molecule has 0 spiro atoms. The summed E-state index contributed by atoms with van der Waals surface area (Å²) >= 11 is 3.46. The number of hydrogen-bond acceptors (Lipinski definition) is 3. The smallest absolute Gasteiger partial charge is 0.141 e. The largest absolute Gasteiger partial charge is 0.310 e. The Morgan fingerprint density at radius 1 is 1.18 bits per heavy atom. The van der Waals surface area contributed by atoms with Crippen LogP contribution in [0.5, 0.6) is 0 Å². The van der Waals surface area contributed by atoms with Crippen LogP contribution in [0.2, 0.25) is 0 Å². The predicted molar refractivity (Wildman–Crippen MR) is 72.5 cm³/mol. The molecule has 1 N–H and O–H groups in total. The van der Waals surface area contributed by atoms with Crippen molar-refractivity contribution in [1.82, 2.24) is 15.3 Å². The Morgan fingerprint density at radius 3 is 2.59 bits per heavy atom. The molecule has 0 aliphatic rings. The molecule has 1 aromatic carbocycles. The molecule has 0 aliphatic heterocycles. The maximum absolute atomic E-state index is 4.33. The van der Waals surface area contributed by atoms with Gasteiger partial charge >= 0.3 is 0 Å². The molecule has 0 radical (unpaired) electrons. The van der Waals surface area contributed by atoms with Crippen molar-refractivity contribution in [2.45, 2.75) is 13.5 Å². The summed E-state index contributed by atoms with van der Waals surface area (Å²) in [5.41, 5.74) is 2.15. The van der Waals surface area contributed by atoms with E-state index in [1.807, 2.05) is 30.6 Å². The van der Waals surface area contributed by atoms with E-state index in [-0.39, 0.29) is 0 Å². The molecule has 1 aromatic heterocycles. The van der Waals surface area contributed by atoms with Gasteiger partial charge in [0.2, 0.25) is 0 Å². The van der Waals surface area contributed by atoms with Gasteiger partial charge in [-0.1, -0.05) is 35.0 Å². The Hall–Kier alpha value is -1.26. The van der Waals surface area contributed by atoms with Gasteiger partial charge in [-0.25, -0.2) is 9.97 Å². The second kappa shape index (κ2) is 5.89. The van der Waals surface area contributed by atoms with Crippen molar-refractivity contribution in [2.24, 2.45) is 0 Å². The first-order chi connectivity index (χ1) is 8.29. The third kappa shape index (κ3) is 3.35. The summed E-state index contributed by atoms with van der Waals surface area (Å²) in [4.78, 5) is 8.67. The number of halogens is 1. The van der Waals surface area contributed by atoms with E-state index in [0.717, 1.165) is 34.5 Å². The van der Waals surface area contributed by atoms with Crippen LogP contribution in [0.1, 0.15) is 12.7 Å². The molecule has 4 heteroatoms. The summed E-state index contributed by atoms with van der Waals surface area (Å²) in [6.45, 7) is 3.71. The first-order valence-corrected chi connectivity index (χ1v) is 6.36. The standard InChI is InChI=1S/C13H14BrN3/c1-2-15-9-13-16-7-11(8-17-13)10-4-3-5-12(14)6-10/h3-8,15H,2,9H2,1H3. The topological polar surface area (TPSA) is 37.8 Å². The van der Waals surface area contributed by atoms with Crippen LogP contribution in [0.3, 0.4) is 0 Å². The highest BCUT2D eigenvalue weighted by molar-refractivity contribution is 9.10. The van der Waals surface area contributed by atoms with Crippen molar-refractivity contribution in [2.75, 3.05) is 6.54 Å². The van der Waals surface area contributed by atoms with Crippen LogP contribution in [-0.2, 0) is 6.54 Å². The van der Waals surface area contributed by atoms with E-state index in [0.29, 0.717) is 0 Å². The summed E-state index contributed by atoms with van der Waals surface area (Å²) in [5.74, 6) is 0.825. The minimum absolute atomic E-state index is 0.718. The minimum atomic E-state index is 0.718. The molecule has 2 aromatic rings. The van der Waals surface area contributed by atoms with Crippen molar-refractivity contribution >= 4 is 15.9 Å². The first kappa shape index (κ1) is 12.2. The lowest BCUT2D eigenvalue weighted by molar-refractivity contribution is 0.690. The summed E-state index contributed by atoms with van der Waals surface area (Å²) in [6.07, 6.45) is 3.73. The normalized spacial score (nSPS) is 10.5. The number of nitrogens with zero attached hydrogens (tertiary/aromatic N) is 2. The van der Waals surface area contributed by atoms with Crippen LogP contribution >= 0.6 is 15.9 Å². The summed E-state index contributed by atoms with van der Waals surface area (Å²) in [5, 5.41) is 3.20. The fourth-order valence-corrected chi connectivity index (χ4v) is 1.90. The van der Waals surface area contributed by atoms with Gasteiger partial charge in [0.05, 0.1) is 6.54 Å². The number of benzene rings is 1. The van der Waals surface area contributed by atoms with E-state index in [1.54, 1.807) is 0 Å². The molecule has 3 nitrogen and oxygen atoms in total. The van der Waals surface area contributed by atoms with E-state index in [4.69, 9.17) is 0 Å². The highest BCUT2D eigenvalue weighted by Crippen LogP contribution is 2.21. The maximum atomic E-state index is 4.33. The number of rotatable bonds is 4. The summed E-state index contributed by atoms with van der Waals surface area (Å²) in [6, 6.07) is 8.12. The second-order valence-electron chi connectivity index (χ2n) is 3.68. The zero-order valence-corrected chi connectivity index (χ0v) is 11.2. The lowest BCUT2D eigenvalue weighted by Crippen LogP contribution is -2.14. The van der Waals surface area contributed by atoms with Crippen molar-refractivity contribution in [3.8, 4) is 11.1 Å². The van der Waals surface area contributed by atoms with Crippen molar-refractivity contribution in [3.05, 3.63) is 47.0 Å².